The lowest BCUT2D eigenvalue weighted by Crippen LogP contribution is -2.14. The molecule has 32 heavy (non-hydrogen) atoms. The number of aromatic amines is 1. The highest BCUT2D eigenvalue weighted by Crippen LogP contribution is 2.26. The summed E-state index contributed by atoms with van der Waals surface area (Å²) in [5.41, 5.74) is 6.10. The van der Waals surface area contributed by atoms with Crippen LogP contribution in [0.4, 0.5) is 5.69 Å². The van der Waals surface area contributed by atoms with Crippen molar-refractivity contribution in [2.24, 2.45) is 0 Å². The number of nitrogens with zero attached hydrogens (tertiary/aromatic N) is 5. The lowest BCUT2D eigenvalue weighted by atomic mass is 10.1. The molecule has 2 N–H and O–H groups in total. The summed E-state index contributed by atoms with van der Waals surface area (Å²) in [5.74, 6) is 0.741. The number of carbonyl (C=O) groups excluding carboxylic acids is 1. The summed E-state index contributed by atoms with van der Waals surface area (Å²) in [6.45, 7) is 3.83. The molecule has 4 aromatic heterocycles. The number of nitriles is 1. The normalized spacial score (nSPS) is 11.2. The Morgan fingerprint density at radius 3 is 2.94 bits per heavy atom. The first-order chi connectivity index (χ1) is 15.5. The van der Waals surface area contributed by atoms with Gasteiger partial charge < -0.3 is 10.3 Å². The Morgan fingerprint density at radius 2 is 2.16 bits per heavy atom. The van der Waals surface area contributed by atoms with Crippen LogP contribution in [0.2, 0.25) is 0 Å². The first kappa shape index (κ1) is 19.9. The second-order valence-corrected chi connectivity index (χ2v) is 8.46. The van der Waals surface area contributed by atoms with Crippen LogP contribution in [0, 0.1) is 25.2 Å². The summed E-state index contributed by atoms with van der Waals surface area (Å²) in [5, 5.41) is 18.4. The largest absolute Gasteiger partial charge is 0.337 e. The average molecular weight is 442 g/mol. The number of carbonyl (C=O) groups is 1. The number of H-pyrrole nitrogens is 1. The predicted octanol–water partition coefficient (Wildman–Crippen LogP) is 4.39. The highest BCUT2D eigenvalue weighted by atomic mass is 32.1. The fourth-order valence-corrected chi connectivity index (χ4v) is 4.50. The van der Waals surface area contributed by atoms with Crippen LogP contribution in [-0.4, -0.2) is 30.5 Å². The van der Waals surface area contributed by atoms with Crippen molar-refractivity contribution < 1.29 is 4.79 Å². The molecule has 9 heteroatoms. The van der Waals surface area contributed by atoms with Gasteiger partial charge >= 0.3 is 0 Å². The van der Waals surface area contributed by atoms with Crippen LogP contribution in [0.15, 0.2) is 41.9 Å². The molecule has 0 aliphatic heterocycles. The zero-order chi connectivity index (χ0) is 22.2. The van der Waals surface area contributed by atoms with Gasteiger partial charge in [-0.2, -0.15) is 10.4 Å². The summed E-state index contributed by atoms with van der Waals surface area (Å²) in [6.07, 6.45) is 2.35. The molecule has 0 aliphatic carbocycles. The fraction of sp³-hybridized carbons (Fsp3) is 0.174. The molecule has 1 aromatic carbocycles. The number of hydrogen-bond donors (Lipinski definition) is 2. The lowest BCUT2D eigenvalue weighted by Gasteiger charge is -2.11. The number of anilines is 1. The molecule has 0 aliphatic rings. The number of aromatic nitrogens is 5. The number of benzene rings is 1. The molecule has 5 rings (SSSR count). The van der Waals surface area contributed by atoms with Crippen LogP contribution >= 0.6 is 11.3 Å². The van der Waals surface area contributed by atoms with Crippen LogP contribution in [0.1, 0.15) is 28.9 Å². The number of nitrogens with one attached hydrogen (secondary N) is 2. The average Bonchev–Trinajstić information content (AvgIpc) is 3.52. The molecule has 8 nitrogen and oxygen atoms in total. The van der Waals surface area contributed by atoms with Crippen molar-refractivity contribution in [3.63, 3.8) is 0 Å². The molecule has 0 radical (unpaired) electrons. The van der Waals surface area contributed by atoms with E-state index in [1.54, 1.807) is 15.9 Å². The maximum absolute atomic E-state index is 12.6. The van der Waals surface area contributed by atoms with Gasteiger partial charge in [-0.1, -0.05) is 6.07 Å². The summed E-state index contributed by atoms with van der Waals surface area (Å²) >= 11 is 1.63. The van der Waals surface area contributed by atoms with E-state index >= 15 is 0 Å². The summed E-state index contributed by atoms with van der Waals surface area (Å²) in [6, 6.07) is 11.8. The van der Waals surface area contributed by atoms with E-state index in [1.165, 1.54) is 6.20 Å². The third-order valence-corrected chi connectivity index (χ3v) is 6.33. The van der Waals surface area contributed by atoms with Crippen molar-refractivity contribution in [3.8, 4) is 16.8 Å². The SMILES string of the molecule is Cc1nc2c(C#N)cnn2c(C)c1CCC(=O)Nc1ccc2nc(-c3cccs3)[nH]c2c1. The molecule has 4 heterocycles. The Bertz CT molecular complexity index is 1510. The Hall–Kier alpha value is -4.03. The molecule has 5 aromatic rings. The van der Waals surface area contributed by atoms with E-state index in [1.807, 2.05) is 49.6 Å². The van der Waals surface area contributed by atoms with Gasteiger partial charge in [0.1, 0.15) is 17.5 Å². The zero-order valence-corrected chi connectivity index (χ0v) is 18.3. The van der Waals surface area contributed by atoms with Crippen LogP contribution in [-0.2, 0) is 11.2 Å². The van der Waals surface area contributed by atoms with Gasteiger partial charge in [0.05, 0.1) is 22.1 Å². The zero-order valence-electron chi connectivity index (χ0n) is 17.5. The van der Waals surface area contributed by atoms with Gasteiger partial charge in [-0.25, -0.2) is 14.5 Å². The second-order valence-electron chi connectivity index (χ2n) is 7.51. The van der Waals surface area contributed by atoms with Gasteiger partial charge in [0.15, 0.2) is 5.65 Å². The monoisotopic (exact) mass is 441 g/mol. The Labute approximate surface area is 187 Å². The highest BCUT2D eigenvalue weighted by molar-refractivity contribution is 7.13. The summed E-state index contributed by atoms with van der Waals surface area (Å²) < 4.78 is 1.66. The quantitative estimate of drug-likeness (QED) is 0.420. The summed E-state index contributed by atoms with van der Waals surface area (Å²) in [7, 11) is 0. The van der Waals surface area contributed by atoms with E-state index in [0.29, 0.717) is 24.1 Å². The molecule has 0 saturated heterocycles. The molecule has 158 valence electrons. The number of rotatable bonds is 5. The van der Waals surface area contributed by atoms with Gasteiger partial charge in [0.25, 0.3) is 0 Å². The Kier molecular flexibility index (Phi) is 4.92. The first-order valence-corrected chi connectivity index (χ1v) is 11.0. The van der Waals surface area contributed by atoms with Crippen molar-refractivity contribution in [2.45, 2.75) is 26.7 Å². The van der Waals surface area contributed by atoms with E-state index < -0.39 is 0 Å². The molecule has 0 fully saturated rings. The topological polar surface area (TPSA) is 112 Å². The third-order valence-electron chi connectivity index (χ3n) is 5.45. The number of thiophene rings is 1. The minimum absolute atomic E-state index is 0.0839. The van der Waals surface area contributed by atoms with Crippen LogP contribution < -0.4 is 5.32 Å². The molecular formula is C23H19N7OS. The van der Waals surface area contributed by atoms with Crippen LogP contribution in [0.25, 0.3) is 27.4 Å². The molecule has 0 spiro atoms. The van der Waals surface area contributed by atoms with Gasteiger partial charge in [-0.3, -0.25) is 4.79 Å². The number of aryl methyl sites for hydroxylation is 2. The van der Waals surface area contributed by atoms with Crippen LogP contribution in [0.3, 0.4) is 0 Å². The number of imidazole rings is 1. The van der Waals surface area contributed by atoms with Gasteiger partial charge in [-0.05, 0) is 55.5 Å². The predicted molar refractivity (Wildman–Crippen MR) is 124 cm³/mol. The number of amides is 1. The third kappa shape index (κ3) is 3.50. The van der Waals surface area contributed by atoms with E-state index in [2.05, 4.69) is 31.4 Å². The van der Waals surface area contributed by atoms with Crippen molar-refractivity contribution >= 4 is 39.6 Å². The van der Waals surface area contributed by atoms with Gasteiger partial charge in [-0.15, -0.1) is 11.3 Å². The minimum atomic E-state index is -0.0839. The van der Waals surface area contributed by atoms with Gasteiger partial charge in [0, 0.05) is 23.5 Å². The minimum Gasteiger partial charge on any atom is -0.337 e. The summed E-state index contributed by atoms with van der Waals surface area (Å²) in [4.78, 5) is 26.1. The van der Waals surface area contributed by atoms with E-state index in [4.69, 9.17) is 0 Å². The molecule has 0 unspecified atom stereocenters. The van der Waals surface area contributed by atoms with Crippen molar-refractivity contribution in [1.29, 1.82) is 5.26 Å². The smallest absolute Gasteiger partial charge is 0.224 e. The van der Waals surface area contributed by atoms with E-state index in [9.17, 15) is 10.1 Å². The number of fused-ring (bicyclic) bond motifs is 2. The first-order valence-electron chi connectivity index (χ1n) is 10.1. The van der Waals surface area contributed by atoms with Crippen LogP contribution in [0.5, 0.6) is 0 Å². The fourth-order valence-electron chi connectivity index (χ4n) is 3.83. The Balaban J connectivity index is 1.31. The molecule has 0 saturated carbocycles. The standard InChI is InChI=1S/C23H19N7OS/c1-13-17(14(2)30-23(26-13)15(11-24)12-25-30)6-8-21(31)27-16-5-7-18-19(10-16)29-22(28-18)20-4-3-9-32-20/h3-5,7,9-10,12H,6,8H2,1-2H3,(H,27,31)(H,28,29). The maximum atomic E-state index is 12.6. The molecule has 0 bridgehead atoms. The molecular weight excluding hydrogens is 422 g/mol. The highest BCUT2D eigenvalue weighted by Gasteiger charge is 2.15. The van der Waals surface area contributed by atoms with Crippen molar-refractivity contribution in [2.75, 3.05) is 5.32 Å². The maximum Gasteiger partial charge on any atom is 0.224 e. The van der Waals surface area contributed by atoms with E-state index in [0.717, 1.165) is 44.4 Å². The second kappa shape index (κ2) is 7.90. The van der Waals surface area contributed by atoms with Crippen molar-refractivity contribution in [3.05, 3.63) is 64.4 Å². The van der Waals surface area contributed by atoms with Crippen molar-refractivity contribution in [1.82, 2.24) is 24.6 Å². The van der Waals surface area contributed by atoms with E-state index in [-0.39, 0.29) is 5.91 Å². The molecule has 1 amide bonds. The van der Waals surface area contributed by atoms with Gasteiger partial charge in [0.2, 0.25) is 5.91 Å². The lowest BCUT2D eigenvalue weighted by molar-refractivity contribution is -0.116. The Morgan fingerprint density at radius 1 is 1.28 bits per heavy atom. The molecule has 0 atom stereocenters. The number of hydrogen-bond acceptors (Lipinski definition) is 6.